The Balaban J connectivity index is 2.61. The molecule has 2 atom stereocenters. The van der Waals surface area contributed by atoms with E-state index in [4.69, 9.17) is 20.3 Å². The average molecular weight is 267 g/mol. The van der Waals surface area contributed by atoms with Gasteiger partial charge in [-0.3, -0.25) is 0 Å². The first-order valence-electron chi connectivity index (χ1n) is 6.36. The average Bonchev–Trinajstić information content (AvgIpc) is 2.42. The number of aliphatic hydroxyl groups is 1. The fourth-order valence-corrected chi connectivity index (χ4v) is 1.49. The summed E-state index contributed by atoms with van der Waals surface area (Å²) < 4.78 is 10.4. The van der Waals surface area contributed by atoms with Gasteiger partial charge in [-0.2, -0.15) is 0 Å². The molecule has 0 saturated heterocycles. The van der Waals surface area contributed by atoms with Crippen molar-refractivity contribution in [1.29, 1.82) is 0 Å². The fourth-order valence-electron chi connectivity index (χ4n) is 1.49. The summed E-state index contributed by atoms with van der Waals surface area (Å²) in [5.74, 6) is 1.25. The highest BCUT2D eigenvalue weighted by atomic mass is 16.6. The van der Waals surface area contributed by atoms with Crippen molar-refractivity contribution in [2.24, 2.45) is 11.7 Å². The Bertz CT molecular complexity index is 391. The molecular formula is C14H21NO4. The molecule has 0 fully saturated rings. The summed E-state index contributed by atoms with van der Waals surface area (Å²) in [6, 6.07) is 7.06. The van der Waals surface area contributed by atoms with E-state index in [-0.39, 0.29) is 6.61 Å². The lowest BCUT2D eigenvalue weighted by Gasteiger charge is -2.15. The second kappa shape index (κ2) is 7.63. The normalized spacial score (nSPS) is 13.6. The van der Waals surface area contributed by atoms with Gasteiger partial charge in [-0.25, -0.2) is 4.79 Å². The maximum absolute atomic E-state index is 10.7. The van der Waals surface area contributed by atoms with E-state index in [1.807, 2.05) is 0 Å². The third-order valence-electron chi connectivity index (χ3n) is 2.91. The largest absolute Gasteiger partial charge is 0.493 e. The van der Waals surface area contributed by atoms with Crippen LogP contribution >= 0.6 is 0 Å². The van der Waals surface area contributed by atoms with E-state index in [1.54, 1.807) is 24.3 Å². The Hall–Kier alpha value is -1.75. The predicted octanol–water partition coefficient (Wildman–Crippen LogP) is 2.24. The third-order valence-corrected chi connectivity index (χ3v) is 2.91. The maximum Gasteiger partial charge on any atom is 0.405 e. The van der Waals surface area contributed by atoms with Crippen LogP contribution in [0.3, 0.4) is 0 Å². The fraction of sp³-hybridized carbons (Fsp3) is 0.500. The van der Waals surface area contributed by atoms with E-state index in [9.17, 15) is 4.79 Å². The smallest absolute Gasteiger partial charge is 0.405 e. The van der Waals surface area contributed by atoms with Gasteiger partial charge in [0.2, 0.25) is 0 Å². The molecule has 106 valence electrons. The highest BCUT2D eigenvalue weighted by molar-refractivity contribution is 5.65. The number of ether oxygens (including phenoxy) is 2. The molecule has 1 aromatic carbocycles. The summed E-state index contributed by atoms with van der Waals surface area (Å²) in [4.78, 5) is 10.7. The standard InChI is InChI=1S/C14H21NO4/c1-3-10(2)9-18-12-6-4-11(5-7-12)13(8-16)19-14(15)17/h4-7,10,13,16H,3,8-9H2,1-2H3,(H2,15,17). The number of carbonyl (C=O) groups excluding carboxylic acids is 1. The lowest BCUT2D eigenvalue weighted by atomic mass is 10.1. The minimum Gasteiger partial charge on any atom is -0.493 e. The number of nitrogens with two attached hydrogens (primary N) is 1. The predicted molar refractivity (Wildman–Crippen MR) is 71.9 cm³/mol. The topological polar surface area (TPSA) is 81.8 Å². The number of hydrogen-bond acceptors (Lipinski definition) is 4. The van der Waals surface area contributed by atoms with Crippen LogP contribution in [0, 0.1) is 5.92 Å². The molecule has 0 aromatic heterocycles. The number of carbonyl (C=O) groups is 1. The molecule has 0 spiro atoms. The van der Waals surface area contributed by atoms with E-state index in [0.717, 1.165) is 12.2 Å². The minimum absolute atomic E-state index is 0.310. The second-order valence-electron chi connectivity index (χ2n) is 4.50. The van der Waals surface area contributed by atoms with Crippen LogP contribution in [-0.4, -0.2) is 24.4 Å². The Morgan fingerprint density at radius 2 is 2.00 bits per heavy atom. The third kappa shape index (κ3) is 5.18. The van der Waals surface area contributed by atoms with Gasteiger partial charge in [0.05, 0.1) is 13.2 Å². The first-order chi connectivity index (χ1) is 9.06. The van der Waals surface area contributed by atoms with Crippen molar-refractivity contribution in [3.05, 3.63) is 29.8 Å². The van der Waals surface area contributed by atoms with Gasteiger partial charge in [0.1, 0.15) is 5.75 Å². The number of primary amides is 1. The number of amides is 1. The molecule has 1 rings (SSSR count). The summed E-state index contributed by atoms with van der Waals surface area (Å²) in [6.45, 7) is 4.59. The SMILES string of the molecule is CCC(C)COc1ccc(C(CO)OC(N)=O)cc1. The van der Waals surface area contributed by atoms with Crippen LogP contribution in [0.1, 0.15) is 31.9 Å². The Labute approximate surface area is 113 Å². The van der Waals surface area contributed by atoms with E-state index in [0.29, 0.717) is 18.1 Å². The van der Waals surface area contributed by atoms with Crippen molar-refractivity contribution in [3.63, 3.8) is 0 Å². The van der Waals surface area contributed by atoms with Crippen molar-refractivity contribution < 1.29 is 19.4 Å². The molecule has 0 saturated carbocycles. The van der Waals surface area contributed by atoms with Crippen molar-refractivity contribution >= 4 is 6.09 Å². The van der Waals surface area contributed by atoms with E-state index >= 15 is 0 Å². The number of aliphatic hydroxyl groups excluding tert-OH is 1. The van der Waals surface area contributed by atoms with Crippen molar-refractivity contribution in [2.45, 2.75) is 26.4 Å². The van der Waals surface area contributed by atoms with Crippen LogP contribution in [0.25, 0.3) is 0 Å². The van der Waals surface area contributed by atoms with Crippen LogP contribution in [0.2, 0.25) is 0 Å². The summed E-state index contributed by atoms with van der Waals surface area (Å²) in [6.07, 6.45) is -0.575. The van der Waals surface area contributed by atoms with Crippen molar-refractivity contribution in [1.82, 2.24) is 0 Å². The Kier molecular flexibility index (Phi) is 6.15. The molecule has 5 nitrogen and oxygen atoms in total. The molecule has 2 unspecified atom stereocenters. The second-order valence-corrected chi connectivity index (χ2v) is 4.50. The molecule has 0 aliphatic heterocycles. The molecule has 5 heteroatoms. The molecule has 3 N–H and O–H groups in total. The van der Waals surface area contributed by atoms with Crippen LogP contribution in [0.15, 0.2) is 24.3 Å². The quantitative estimate of drug-likeness (QED) is 0.793. The molecule has 0 radical (unpaired) electrons. The van der Waals surface area contributed by atoms with Crippen LogP contribution in [-0.2, 0) is 4.74 Å². The van der Waals surface area contributed by atoms with Gasteiger partial charge >= 0.3 is 6.09 Å². The molecule has 0 heterocycles. The summed E-state index contributed by atoms with van der Waals surface area (Å²) in [7, 11) is 0. The van der Waals surface area contributed by atoms with Gasteiger partial charge in [0, 0.05) is 0 Å². The molecule has 0 aliphatic rings. The van der Waals surface area contributed by atoms with E-state index < -0.39 is 12.2 Å². The monoisotopic (exact) mass is 267 g/mol. The zero-order valence-corrected chi connectivity index (χ0v) is 11.3. The van der Waals surface area contributed by atoms with E-state index in [1.165, 1.54) is 0 Å². The molecule has 0 bridgehead atoms. The number of benzene rings is 1. The zero-order chi connectivity index (χ0) is 14.3. The first kappa shape index (κ1) is 15.3. The van der Waals surface area contributed by atoms with Gasteiger partial charge in [-0.1, -0.05) is 32.4 Å². The number of rotatable bonds is 7. The highest BCUT2D eigenvalue weighted by Crippen LogP contribution is 2.21. The van der Waals surface area contributed by atoms with Gasteiger partial charge in [-0.05, 0) is 23.6 Å². The minimum atomic E-state index is -0.906. The van der Waals surface area contributed by atoms with Crippen LogP contribution < -0.4 is 10.5 Å². The Morgan fingerprint density at radius 1 is 1.37 bits per heavy atom. The van der Waals surface area contributed by atoms with Gasteiger partial charge in [0.25, 0.3) is 0 Å². The Morgan fingerprint density at radius 3 is 2.47 bits per heavy atom. The summed E-state index contributed by atoms with van der Waals surface area (Å²) in [5.41, 5.74) is 5.61. The molecule has 1 aromatic rings. The van der Waals surface area contributed by atoms with Gasteiger partial charge in [-0.15, -0.1) is 0 Å². The van der Waals surface area contributed by atoms with E-state index in [2.05, 4.69) is 13.8 Å². The van der Waals surface area contributed by atoms with Crippen molar-refractivity contribution in [2.75, 3.05) is 13.2 Å². The molecular weight excluding hydrogens is 246 g/mol. The summed E-state index contributed by atoms with van der Waals surface area (Å²) in [5, 5.41) is 9.14. The molecule has 1 amide bonds. The first-order valence-corrected chi connectivity index (χ1v) is 6.36. The van der Waals surface area contributed by atoms with Crippen LogP contribution in [0.4, 0.5) is 4.79 Å². The molecule has 19 heavy (non-hydrogen) atoms. The van der Waals surface area contributed by atoms with Crippen LogP contribution in [0.5, 0.6) is 5.75 Å². The molecule has 0 aliphatic carbocycles. The maximum atomic E-state index is 10.7. The number of hydrogen-bond donors (Lipinski definition) is 2. The lowest BCUT2D eigenvalue weighted by molar-refractivity contribution is 0.0632. The van der Waals surface area contributed by atoms with Gasteiger partial charge in [0.15, 0.2) is 6.10 Å². The van der Waals surface area contributed by atoms with Crippen molar-refractivity contribution in [3.8, 4) is 5.75 Å². The lowest BCUT2D eigenvalue weighted by Crippen LogP contribution is -2.19. The summed E-state index contributed by atoms with van der Waals surface area (Å²) >= 11 is 0. The zero-order valence-electron chi connectivity index (χ0n) is 11.3. The van der Waals surface area contributed by atoms with Gasteiger partial charge < -0.3 is 20.3 Å². The highest BCUT2D eigenvalue weighted by Gasteiger charge is 2.14.